The van der Waals surface area contributed by atoms with Crippen molar-refractivity contribution in [2.75, 3.05) is 11.1 Å². The van der Waals surface area contributed by atoms with Crippen LogP contribution in [0.25, 0.3) is 0 Å². The Kier molecular flexibility index (Phi) is 7.67. The fourth-order valence-electron chi connectivity index (χ4n) is 3.02. The van der Waals surface area contributed by atoms with Gasteiger partial charge in [0.25, 0.3) is 0 Å². The number of nitrogens with one attached hydrogen (secondary N) is 3. The number of carbonyl (C=O) groups is 2. The Morgan fingerprint density at radius 3 is 2.61 bits per heavy atom. The summed E-state index contributed by atoms with van der Waals surface area (Å²) in [4.78, 5) is 23.9. The summed E-state index contributed by atoms with van der Waals surface area (Å²) in [5.74, 6) is -0.212. The number of imide groups is 1. The van der Waals surface area contributed by atoms with Gasteiger partial charge in [-0.1, -0.05) is 61.4 Å². The van der Waals surface area contributed by atoms with E-state index >= 15 is 0 Å². The van der Waals surface area contributed by atoms with E-state index in [0.717, 1.165) is 37.8 Å². The van der Waals surface area contributed by atoms with Gasteiger partial charge in [-0.3, -0.25) is 10.1 Å². The van der Waals surface area contributed by atoms with E-state index in [1.807, 2.05) is 12.1 Å². The predicted octanol–water partition coefficient (Wildman–Crippen LogP) is 4.09. The van der Waals surface area contributed by atoms with E-state index in [0.29, 0.717) is 9.47 Å². The number of thioether (sulfide) groups is 1. The molecule has 3 N–H and O–H groups in total. The van der Waals surface area contributed by atoms with Crippen molar-refractivity contribution in [1.82, 2.24) is 20.8 Å². The minimum atomic E-state index is -0.410. The normalized spacial score (nSPS) is 14.5. The van der Waals surface area contributed by atoms with E-state index in [2.05, 4.69) is 45.2 Å². The lowest BCUT2D eigenvalue weighted by Gasteiger charge is -2.22. The largest absolute Gasteiger partial charge is 0.335 e. The monoisotopic (exact) mass is 419 g/mol. The Morgan fingerprint density at radius 1 is 1.14 bits per heavy atom. The van der Waals surface area contributed by atoms with Crippen molar-refractivity contribution in [3.05, 3.63) is 29.8 Å². The first-order valence-electron chi connectivity index (χ1n) is 9.55. The van der Waals surface area contributed by atoms with Crippen LogP contribution in [0.15, 0.2) is 28.6 Å². The fourth-order valence-corrected chi connectivity index (χ4v) is 4.60. The third kappa shape index (κ3) is 6.49. The number of amides is 3. The van der Waals surface area contributed by atoms with Crippen molar-refractivity contribution in [3.8, 4) is 0 Å². The van der Waals surface area contributed by atoms with E-state index in [4.69, 9.17) is 0 Å². The molecule has 28 heavy (non-hydrogen) atoms. The highest BCUT2D eigenvalue weighted by Gasteiger charge is 2.17. The molecule has 1 heterocycles. The average molecular weight is 420 g/mol. The van der Waals surface area contributed by atoms with Gasteiger partial charge in [0, 0.05) is 11.7 Å². The number of hydrogen-bond donors (Lipinski definition) is 3. The molecule has 0 unspecified atom stereocenters. The quantitative estimate of drug-likeness (QED) is 0.585. The smallest absolute Gasteiger partial charge is 0.321 e. The molecule has 0 radical (unpaired) electrons. The Balaban J connectivity index is 1.40. The highest BCUT2D eigenvalue weighted by Crippen LogP contribution is 2.27. The summed E-state index contributed by atoms with van der Waals surface area (Å²) >= 11 is 2.64. The zero-order valence-corrected chi connectivity index (χ0v) is 17.5. The maximum Gasteiger partial charge on any atom is 0.321 e. The van der Waals surface area contributed by atoms with E-state index in [1.54, 1.807) is 0 Å². The molecular weight excluding hydrogens is 394 g/mol. The van der Waals surface area contributed by atoms with Gasteiger partial charge < -0.3 is 10.6 Å². The molecule has 1 aliphatic rings. The standard InChI is InChI=1S/C19H25N5O2S2/c1-2-13-8-10-15(11-9-13)21-18-23-24-19(28-18)27-12-16(25)22-17(26)20-14-6-4-3-5-7-14/h8-11,14H,2-7,12H2,1H3,(H,21,23)(H2,20,22,25,26). The van der Waals surface area contributed by atoms with Crippen LogP contribution in [0.3, 0.4) is 0 Å². The number of urea groups is 1. The molecule has 0 saturated heterocycles. The third-order valence-corrected chi connectivity index (χ3v) is 6.51. The van der Waals surface area contributed by atoms with Gasteiger partial charge in [-0.05, 0) is 37.0 Å². The van der Waals surface area contributed by atoms with Gasteiger partial charge in [0.05, 0.1) is 5.75 Å². The summed E-state index contributed by atoms with van der Waals surface area (Å²) in [5, 5.41) is 17.3. The first kappa shape index (κ1) is 20.6. The molecule has 0 atom stereocenters. The van der Waals surface area contributed by atoms with Crippen molar-refractivity contribution < 1.29 is 9.59 Å². The lowest BCUT2D eigenvalue weighted by atomic mass is 9.96. The Bertz CT molecular complexity index is 788. The van der Waals surface area contributed by atoms with Crippen molar-refractivity contribution in [2.24, 2.45) is 0 Å². The SMILES string of the molecule is CCc1ccc(Nc2nnc(SCC(=O)NC(=O)NC3CCCCC3)s2)cc1. The molecule has 1 fully saturated rings. The van der Waals surface area contributed by atoms with Gasteiger partial charge in [-0.15, -0.1) is 10.2 Å². The molecule has 3 rings (SSSR count). The van der Waals surface area contributed by atoms with Gasteiger partial charge in [0.1, 0.15) is 0 Å². The van der Waals surface area contributed by atoms with Gasteiger partial charge in [-0.2, -0.15) is 0 Å². The average Bonchev–Trinajstić information content (AvgIpc) is 3.15. The maximum absolute atomic E-state index is 12.0. The predicted molar refractivity (Wildman–Crippen MR) is 113 cm³/mol. The first-order valence-corrected chi connectivity index (χ1v) is 11.3. The van der Waals surface area contributed by atoms with Crippen LogP contribution in [0.4, 0.5) is 15.6 Å². The zero-order chi connectivity index (χ0) is 19.8. The van der Waals surface area contributed by atoms with E-state index in [9.17, 15) is 9.59 Å². The second-order valence-corrected chi connectivity index (χ2v) is 8.89. The minimum Gasteiger partial charge on any atom is -0.335 e. The van der Waals surface area contributed by atoms with Crippen LogP contribution in [-0.2, 0) is 11.2 Å². The summed E-state index contributed by atoms with van der Waals surface area (Å²) < 4.78 is 0.676. The summed E-state index contributed by atoms with van der Waals surface area (Å²) in [6.07, 6.45) is 6.45. The molecule has 1 aliphatic carbocycles. The van der Waals surface area contributed by atoms with Crippen molar-refractivity contribution >= 4 is 45.9 Å². The number of benzene rings is 1. The van der Waals surface area contributed by atoms with Crippen LogP contribution in [0.5, 0.6) is 0 Å². The number of nitrogens with zero attached hydrogens (tertiary/aromatic N) is 2. The summed E-state index contributed by atoms with van der Waals surface area (Å²) in [5.41, 5.74) is 2.22. The number of rotatable bonds is 7. The molecule has 1 aromatic heterocycles. The molecular formula is C19H25N5O2S2. The number of hydrogen-bond acceptors (Lipinski definition) is 7. The maximum atomic E-state index is 12.0. The molecule has 0 spiro atoms. The molecule has 150 valence electrons. The van der Waals surface area contributed by atoms with Crippen molar-refractivity contribution in [3.63, 3.8) is 0 Å². The second kappa shape index (κ2) is 10.4. The van der Waals surface area contributed by atoms with Crippen LogP contribution in [0, 0.1) is 0 Å². The van der Waals surface area contributed by atoms with E-state index < -0.39 is 6.03 Å². The summed E-state index contributed by atoms with van der Waals surface area (Å²) in [6, 6.07) is 7.92. The highest BCUT2D eigenvalue weighted by atomic mass is 32.2. The van der Waals surface area contributed by atoms with Crippen LogP contribution in [-0.4, -0.2) is 33.9 Å². The number of carbonyl (C=O) groups excluding carboxylic acids is 2. The van der Waals surface area contributed by atoms with E-state index in [1.165, 1.54) is 35.1 Å². The Labute approximate surface area is 173 Å². The molecule has 0 bridgehead atoms. The number of anilines is 2. The molecule has 9 heteroatoms. The summed E-state index contributed by atoms with van der Waals surface area (Å²) in [6.45, 7) is 2.12. The van der Waals surface area contributed by atoms with E-state index in [-0.39, 0.29) is 17.7 Å². The Hall–Kier alpha value is -2.13. The van der Waals surface area contributed by atoms with Crippen molar-refractivity contribution in [1.29, 1.82) is 0 Å². The van der Waals surface area contributed by atoms with Crippen LogP contribution in [0.2, 0.25) is 0 Å². The molecule has 7 nitrogen and oxygen atoms in total. The first-order chi connectivity index (χ1) is 13.6. The van der Waals surface area contributed by atoms with Crippen LogP contribution < -0.4 is 16.0 Å². The topological polar surface area (TPSA) is 96.0 Å². The molecule has 3 amide bonds. The van der Waals surface area contributed by atoms with Crippen LogP contribution >= 0.6 is 23.1 Å². The van der Waals surface area contributed by atoms with Gasteiger partial charge >= 0.3 is 6.03 Å². The van der Waals surface area contributed by atoms with Gasteiger partial charge in [-0.25, -0.2) is 4.79 Å². The molecule has 1 aromatic carbocycles. The van der Waals surface area contributed by atoms with Crippen molar-refractivity contribution in [2.45, 2.75) is 55.8 Å². The van der Waals surface area contributed by atoms with Gasteiger partial charge in [0.2, 0.25) is 11.0 Å². The Morgan fingerprint density at radius 2 is 1.89 bits per heavy atom. The third-order valence-electron chi connectivity index (χ3n) is 4.54. The summed E-state index contributed by atoms with van der Waals surface area (Å²) in [7, 11) is 0. The fraction of sp³-hybridized carbons (Fsp3) is 0.474. The molecule has 1 saturated carbocycles. The van der Waals surface area contributed by atoms with Gasteiger partial charge in [0.15, 0.2) is 4.34 Å². The number of aromatic nitrogens is 2. The number of aryl methyl sites for hydroxylation is 1. The lowest BCUT2D eigenvalue weighted by molar-refractivity contribution is -0.117. The minimum absolute atomic E-state index is 0.123. The zero-order valence-electron chi connectivity index (χ0n) is 15.9. The lowest BCUT2D eigenvalue weighted by Crippen LogP contribution is -2.45. The molecule has 0 aliphatic heterocycles. The van der Waals surface area contributed by atoms with Crippen LogP contribution in [0.1, 0.15) is 44.6 Å². The highest BCUT2D eigenvalue weighted by molar-refractivity contribution is 8.01. The second-order valence-electron chi connectivity index (χ2n) is 6.69. The molecule has 2 aromatic rings.